The smallest absolute Gasteiger partial charge is 0.175 e. The number of benzene rings is 1. The van der Waals surface area contributed by atoms with Crippen LogP contribution in [0.25, 0.3) is 0 Å². The molecule has 1 aromatic carbocycles. The predicted octanol–water partition coefficient (Wildman–Crippen LogP) is 4.22. The molecule has 0 radical (unpaired) electrons. The van der Waals surface area contributed by atoms with Crippen LogP contribution < -0.4 is 9.47 Å². The molecular formula is C16H21BrO3. The van der Waals surface area contributed by atoms with E-state index in [0.29, 0.717) is 19.1 Å². The lowest BCUT2D eigenvalue weighted by atomic mass is 9.95. The zero-order valence-electron chi connectivity index (χ0n) is 11.6. The van der Waals surface area contributed by atoms with Crippen LogP contribution >= 0.6 is 15.9 Å². The zero-order chi connectivity index (χ0) is 13.9. The Morgan fingerprint density at radius 3 is 2.70 bits per heavy atom. The summed E-state index contributed by atoms with van der Waals surface area (Å²) in [6.07, 6.45) is 6.45. The normalized spacial score (nSPS) is 20.7. The molecule has 1 unspecified atom stereocenters. The second-order valence-corrected chi connectivity index (χ2v) is 6.64. The van der Waals surface area contributed by atoms with Crippen LogP contribution in [0.5, 0.6) is 11.5 Å². The van der Waals surface area contributed by atoms with Crippen molar-refractivity contribution in [3.05, 3.63) is 22.2 Å². The summed E-state index contributed by atoms with van der Waals surface area (Å²) in [5, 5.41) is 10.5. The molecule has 1 N–H and O–H groups in total. The number of rotatable bonds is 3. The molecule has 4 heteroatoms. The summed E-state index contributed by atoms with van der Waals surface area (Å²) < 4.78 is 12.3. The maximum absolute atomic E-state index is 10.5. The Kier molecular flexibility index (Phi) is 4.51. The Hall–Kier alpha value is -0.740. The first kappa shape index (κ1) is 14.2. The number of aliphatic hydroxyl groups is 1. The Bertz CT molecular complexity index is 469. The van der Waals surface area contributed by atoms with Crippen molar-refractivity contribution < 1.29 is 14.6 Å². The van der Waals surface area contributed by atoms with Gasteiger partial charge in [-0.15, -0.1) is 0 Å². The Morgan fingerprint density at radius 1 is 1.15 bits per heavy atom. The van der Waals surface area contributed by atoms with Gasteiger partial charge in [0.2, 0.25) is 0 Å². The summed E-state index contributed by atoms with van der Waals surface area (Å²) in [5.41, 5.74) is 0.924. The first-order valence-electron chi connectivity index (χ1n) is 7.51. The largest absolute Gasteiger partial charge is 0.490 e. The van der Waals surface area contributed by atoms with E-state index >= 15 is 0 Å². The first-order chi connectivity index (χ1) is 9.74. The molecule has 1 aromatic rings. The highest BCUT2D eigenvalue weighted by atomic mass is 79.9. The number of ether oxygens (including phenoxy) is 2. The molecular weight excluding hydrogens is 320 g/mol. The fourth-order valence-corrected chi connectivity index (χ4v) is 3.72. The zero-order valence-corrected chi connectivity index (χ0v) is 13.2. The highest BCUT2D eigenvalue weighted by Gasteiger charge is 2.22. The van der Waals surface area contributed by atoms with Crippen LogP contribution in [0.1, 0.15) is 50.2 Å². The Labute approximate surface area is 128 Å². The van der Waals surface area contributed by atoms with Gasteiger partial charge in [0, 0.05) is 6.42 Å². The molecule has 0 aromatic heterocycles. The van der Waals surface area contributed by atoms with Crippen molar-refractivity contribution in [2.24, 2.45) is 5.92 Å². The molecule has 0 bridgehead atoms. The van der Waals surface area contributed by atoms with Crippen LogP contribution in [0, 0.1) is 5.92 Å². The SMILES string of the molecule is OC(CC1CCCC1)c1cc(Br)c2c(c1)OCCCO2. The van der Waals surface area contributed by atoms with E-state index in [0.717, 1.165) is 34.4 Å². The minimum Gasteiger partial charge on any atom is -0.490 e. The van der Waals surface area contributed by atoms with Crippen LogP contribution in [-0.2, 0) is 0 Å². The molecule has 0 spiro atoms. The third kappa shape index (κ3) is 3.12. The van der Waals surface area contributed by atoms with Crippen molar-refractivity contribution >= 4 is 15.9 Å². The maximum atomic E-state index is 10.5. The van der Waals surface area contributed by atoms with E-state index < -0.39 is 6.10 Å². The molecule has 1 saturated carbocycles. The quantitative estimate of drug-likeness (QED) is 0.894. The predicted molar refractivity (Wildman–Crippen MR) is 81.3 cm³/mol. The molecule has 2 aliphatic rings. The van der Waals surface area contributed by atoms with Gasteiger partial charge in [-0.05, 0) is 46.0 Å². The average Bonchev–Trinajstić information content (AvgIpc) is 2.81. The minimum atomic E-state index is -0.411. The maximum Gasteiger partial charge on any atom is 0.175 e. The van der Waals surface area contributed by atoms with Crippen LogP contribution in [-0.4, -0.2) is 18.3 Å². The van der Waals surface area contributed by atoms with E-state index in [4.69, 9.17) is 9.47 Å². The van der Waals surface area contributed by atoms with Crippen molar-refractivity contribution in [3.63, 3.8) is 0 Å². The van der Waals surface area contributed by atoms with Gasteiger partial charge in [0.05, 0.1) is 23.8 Å². The number of hydrogen-bond donors (Lipinski definition) is 1. The van der Waals surface area contributed by atoms with Gasteiger partial charge in [-0.1, -0.05) is 25.7 Å². The summed E-state index contributed by atoms with van der Waals surface area (Å²) in [6.45, 7) is 1.34. The lowest BCUT2D eigenvalue weighted by Crippen LogP contribution is -2.05. The van der Waals surface area contributed by atoms with Gasteiger partial charge in [-0.25, -0.2) is 0 Å². The van der Waals surface area contributed by atoms with Gasteiger partial charge in [-0.3, -0.25) is 0 Å². The molecule has 110 valence electrons. The lowest BCUT2D eigenvalue weighted by molar-refractivity contribution is 0.144. The number of aliphatic hydroxyl groups excluding tert-OH is 1. The van der Waals surface area contributed by atoms with E-state index in [-0.39, 0.29) is 0 Å². The van der Waals surface area contributed by atoms with Crippen molar-refractivity contribution in [1.82, 2.24) is 0 Å². The molecule has 20 heavy (non-hydrogen) atoms. The summed E-state index contributed by atoms with van der Waals surface area (Å²) in [7, 11) is 0. The van der Waals surface area contributed by atoms with E-state index in [2.05, 4.69) is 15.9 Å². The second kappa shape index (κ2) is 6.35. The van der Waals surface area contributed by atoms with Crippen molar-refractivity contribution in [2.45, 2.75) is 44.6 Å². The van der Waals surface area contributed by atoms with Gasteiger partial charge in [-0.2, -0.15) is 0 Å². The minimum absolute atomic E-state index is 0.411. The van der Waals surface area contributed by atoms with E-state index in [1.807, 2.05) is 12.1 Å². The lowest BCUT2D eigenvalue weighted by Gasteiger charge is -2.18. The molecule has 3 nitrogen and oxygen atoms in total. The summed E-state index contributed by atoms with van der Waals surface area (Å²) >= 11 is 3.53. The monoisotopic (exact) mass is 340 g/mol. The summed E-state index contributed by atoms with van der Waals surface area (Å²) in [4.78, 5) is 0. The molecule has 0 saturated heterocycles. The van der Waals surface area contributed by atoms with Gasteiger partial charge in [0.15, 0.2) is 11.5 Å². The molecule has 1 fully saturated rings. The standard InChI is InChI=1S/C16H21BrO3/c17-13-9-12(14(18)8-11-4-1-2-5-11)10-15-16(13)20-7-3-6-19-15/h9-11,14,18H,1-8H2. The number of halogens is 1. The number of fused-ring (bicyclic) bond motifs is 1. The number of hydrogen-bond acceptors (Lipinski definition) is 3. The topological polar surface area (TPSA) is 38.7 Å². The van der Waals surface area contributed by atoms with E-state index in [9.17, 15) is 5.11 Å². The molecule has 0 amide bonds. The summed E-state index contributed by atoms with van der Waals surface area (Å²) in [5.74, 6) is 2.18. The van der Waals surface area contributed by atoms with Gasteiger partial charge in [0.25, 0.3) is 0 Å². The first-order valence-corrected chi connectivity index (χ1v) is 8.30. The molecule has 1 atom stereocenters. The third-order valence-electron chi connectivity index (χ3n) is 4.24. The van der Waals surface area contributed by atoms with Gasteiger partial charge < -0.3 is 14.6 Å². The molecule has 1 aliphatic heterocycles. The molecule has 1 heterocycles. The fourth-order valence-electron chi connectivity index (χ4n) is 3.14. The van der Waals surface area contributed by atoms with E-state index in [1.54, 1.807) is 0 Å². The van der Waals surface area contributed by atoms with E-state index in [1.165, 1.54) is 25.7 Å². The van der Waals surface area contributed by atoms with Gasteiger partial charge in [0.1, 0.15) is 0 Å². The second-order valence-electron chi connectivity index (χ2n) is 5.78. The summed E-state index contributed by atoms with van der Waals surface area (Å²) in [6, 6.07) is 3.90. The highest BCUT2D eigenvalue weighted by molar-refractivity contribution is 9.10. The van der Waals surface area contributed by atoms with Crippen molar-refractivity contribution in [1.29, 1.82) is 0 Å². The third-order valence-corrected chi connectivity index (χ3v) is 4.83. The highest BCUT2D eigenvalue weighted by Crippen LogP contribution is 2.41. The fraction of sp³-hybridized carbons (Fsp3) is 0.625. The Morgan fingerprint density at radius 2 is 1.90 bits per heavy atom. The molecule has 1 aliphatic carbocycles. The van der Waals surface area contributed by atoms with Crippen LogP contribution in [0.3, 0.4) is 0 Å². The van der Waals surface area contributed by atoms with Crippen LogP contribution in [0.15, 0.2) is 16.6 Å². The average molecular weight is 341 g/mol. The van der Waals surface area contributed by atoms with Crippen molar-refractivity contribution in [2.75, 3.05) is 13.2 Å². The molecule has 3 rings (SSSR count). The van der Waals surface area contributed by atoms with Crippen molar-refractivity contribution in [3.8, 4) is 11.5 Å². The van der Waals surface area contributed by atoms with Gasteiger partial charge >= 0.3 is 0 Å². The Balaban J connectivity index is 1.78. The van der Waals surface area contributed by atoms with Crippen LogP contribution in [0.4, 0.5) is 0 Å². The van der Waals surface area contributed by atoms with Crippen LogP contribution in [0.2, 0.25) is 0 Å².